The Morgan fingerprint density at radius 1 is 0.826 bits per heavy atom. The normalized spacial score (nSPS) is 12.7. The van der Waals surface area contributed by atoms with E-state index in [0.717, 1.165) is 25.4 Å². The van der Waals surface area contributed by atoms with Crippen LogP contribution in [-0.2, 0) is 16.0 Å². The molecule has 2 nitrogen and oxygen atoms in total. The molecule has 130 valence electrons. The number of carbonyl (C=O) groups is 2. The maximum absolute atomic E-state index is 10.3. The van der Waals surface area contributed by atoms with E-state index in [9.17, 15) is 9.59 Å². The van der Waals surface area contributed by atoms with Crippen LogP contribution in [0.15, 0.2) is 30.3 Å². The molecule has 0 amide bonds. The molecule has 0 aliphatic carbocycles. The smallest absolute Gasteiger partial charge is 0.123 e. The Hall–Kier alpha value is -1.44. The van der Waals surface area contributed by atoms with E-state index >= 15 is 0 Å². The molecule has 0 radical (unpaired) electrons. The molecular formula is C21H34O2. The van der Waals surface area contributed by atoms with E-state index in [0.29, 0.717) is 0 Å². The Morgan fingerprint density at radius 3 is 1.96 bits per heavy atom. The Labute approximate surface area is 142 Å². The number of hydrogen-bond donors (Lipinski definition) is 0. The first-order valence-electron chi connectivity index (χ1n) is 9.08. The van der Waals surface area contributed by atoms with Gasteiger partial charge in [0.15, 0.2) is 0 Å². The van der Waals surface area contributed by atoms with Crippen molar-refractivity contribution in [1.82, 2.24) is 0 Å². The third-order valence-corrected chi connectivity index (χ3v) is 3.88. The Balaban J connectivity index is 0.000000422. The van der Waals surface area contributed by atoms with Gasteiger partial charge in [0.2, 0.25) is 0 Å². The number of unbranched alkanes of at least 4 members (excludes halogenated alkanes) is 5. The molecule has 0 aliphatic heterocycles. The largest absolute Gasteiger partial charge is 0.303 e. The van der Waals surface area contributed by atoms with Crippen LogP contribution in [0.4, 0.5) is 0 Å². The van der Waals surface area contributed by atoms with Crippen molar-refractivity contribution in [1.29, 1.82) is 0 Å². The van der Waals surface area contributed by atoms with Crippen LogP contribution in [0.2, 0.25) is 0 Å². The number of carbonyl (C=O) groups excluding carboxylic acids is 2. The second-order valence-electron chi connectivity index (χ2n) is 6.47. The third kappa shape index (κ3) is 13.9. The zero-order chi connectivity index (χ0) is 17.3. The minimum Gasteiger partial charge on any atom is -0.303 e. The van der Waals surface area contributed by atoms with Crippen molar-refractivity contribution in [3.63, 3.8) is 0 Å². The van der Waals surface area contributed by atoms with Gasteiger partial charge in [-0.3, -0.25) is 0 Å². The van der Waals surface area contributed by atoms with Gasteiger partial charge in [0.25, 0.3) is 0 Å². The first-order chi connectivity index (χ1) is 11.1. The lowest BCUT2D eigenvalue weighted by atomic mass is 10.0. The average molecular weight is 319 g/mol. The molecule has 1 rings (SSSR count). The molecular weight excluding hydrogens is 284 g/mol. The fraction of sp³-hybridized carbons (Fsp3) is 0.619. The highest BCUT2D eigenvalue weighted by molar-refractivity contribution is 5.53. The highest BCUT2D eigenvalue weighted by Gasteiger charge is 1.99. The molecule has 1 aromatic rings. The summed E-state index contributed by atoms with van der Waals surface area (Å²) in [5.74, 6) is 0.411. The van der Waals surface area contributed by atoms with E-state index < -0.39 is 0 Å². The highest BCUT2D eigenvalue weighted by Crippen LogP contribution is 2.10. The average Bonchev–Trinajstić information content (AvgIpc) is 2.59. The van der Waals surface area contributed by atoms with Crippen LogP contribution in [0.1, 0.15) is 71.3 Å². The van der Waals surface area contributed by atoms with Crippen molar-refractivity contribution in [3.05, 3.63) is 35.9 Å². The van der Waals surface area contributed by atoms with Gasteiger partial charge in [-0.25, -0.2) is 0 Å². The lowest BCUT2D eigenvalue weighted by Crippen LogP contribution is -1.99. The van der Waals surface area contributed by atoms with Crippen LogP contribution < -0.4 is 0 Å². The molecule has 0 aromatic heterocycles. The van der Waals surface area contributed by atoms with E-state index in [-0.39, 0.29) is 11.8 Å². The molecule has 0 saturated heterocycles. The molecule has 23 heavy (non-hydrogen) atoms. The van der Waals surface area contributed by atoms with Crippen molar-refractivity contribution >= 4 is 12.6 Å². The topological polar surface area (TPSA) is 34.1 Å². The highest BCUT2D eigenvalue weighted by atomic mass is 16.1. The van der Waals surface area contributed by atoms with Gasteiger partial charge in [-0.2, -0.15) is 0 Å². The lowest BCUT2D eigenvalue weighted by molar-refractivity contribution is -0.111. The van der Waals surface area contributed by atoms with Gasteiger partial charge in [-0.1, -0.05) is 89.6 Å². The van der Waals surface area contributed by atoms with Gasteiger partial charge in [-0.05, 0) is 18.4 Å². The van der Waals surface area contributed by atoms with Gasteiger partial charge >= 0.3 is 0 Å². The molecule has 0 heterocycles. The summed E-state index contributed by atoms with van der Waals surface area (Å²) in [4.78, 5) is 20.6. The van der Waals surface area contributed by atoms with E-state index in [2.05, 4.69) is 6.92 Å². The fourth-order valence-electron chi connectivity index (χ4n) is 2.35. The molecule has 1 aromatic carbocycles. The van der Waals surface area contributed by atoms with E-state index in [1.54, 1.807) is 0 Å². The second-order valence-corrected chi connectivity index (χ2v) is 6.47. The summed E-state index contributed by atoms with van der Waals surface area (Å²) >= 11 is 0. The van der Waals surface area contributed by atoms with Crippen LogP contribution in [0.3, 0.4) is 0 Å². The maximum atomic E-state index is 10.3. The zero-order valence-electron chi connectivity index (χ0n) is 15.2. The van der Waals surface area contributed by atoms with Crippen molar-refractivity contribution in [2.75, 3.05) is 0 Å². The molecule has 0 bridgehead atoms. The summed E-state index contributed by atoms with van der Waals surface area (Å²) in [5.41, 5.74) is 1.23. The molecule has 2 unspecified atom stereocenters. The quantitative estimate of drug-likeness (QED) is 0.391. The van der Waals surface area contributed by atoms with Gasteiger partial charge in [0.1, 0.15) is 12.6 Å². The summed E-state index contributed by atoms with van der Waals surface area (Å²) in [6.07, 6.45) is 11.9. The first-order valence-corrected chi connectivity index (χ1v) is 9.08. The Kier molecular flexibility index (Phi) is 14.5. The summed E-state index contributed by atoms with van der Waals surface area (Å²) in [7, 11) is 0. The molecule has 0 spiro atoms. The van der Waals surface area contributed by atoms with Gasteiger partial charge in [0, 0.05) is 11.8 Å². The van der Waals surface area contributed by atoms with E-state index in [1.807, 2.05) is 44.2 Å². The first kappa shape index (κ1) is 21.6. The summed E-state index contributed by atoms with van der Waals surface area (Å²) in [6.45, 7) is 6.16. The van der Waals surface area contributed by atoms with Crippen LogP contribution in [0.5, 0.6) is 0 Å². The van der Waals surface area contributed by atoms with Crippen molar-refractivity contribution in [2.24, 2.45) is 11.8 Å². The standard InChI is InChI=1S/C11H22O.C10H12O/c1-3-4-5-6-7-8-9-11(2)10-12;1-9(8-11)7-10-5-3-2-4-6-10/h10-11H,3-9H2,1-2H3;2-6,8-9H,7H2,1H3. The second kappa shape index (κ2) is 15.5. The van der Waals surface area contributed by atoms with Crippen LogP contribution in [-0.4, -0.2) is 12.6 Å². The number of hydrogen-bond acceptors (Lipinski definition) is 2. The zero-order valence-corrected chi connectivity index (χ0v) is 15.2. The lowest BCUT2D eigenvalue weighted by Gasteiger charge is -2.02. The number of rotatable bonds is 11. The third-order valence-electron chi connectivity index (χ3n) is 3.88. The van der Waals surface area contributed by atoms with Crippen molar-refractivity contribution in [2.45, 2.75) is 72.1 Å². The van der Waals surface area contributed by atoms with Gasteiger partial charge < -0.3 is 9.59 Å². The van der Waals surface area contributed by atoms with Crippen LogP contribution in [0.25, 0.3) is 0 Å². The minimum atomic E-state index is 0.136. The van der Waals surface area contributed by atoms with Crippen LogP contribution in [0, 0.1) is 11.8 Å². The summed E-state index contributed by atoms with van der Waals surface area (Å²) < 4.78 is 0. The SMILES string of the molecule is CC(C=O)Cc1ccccc1.CCCCCCCCC(C)C=O. The minimum absolute atomic E-state index is 0.136. The monoisotopic (exact) mass is 318 g/mol. The van der Waals surface area contributed by atoms with Crippen LogP contribution >= 0.6 is 0 Å². The molecule has 2 heteroatoms. The fourth-order valence-corrected chi connectivity index (χ4v) is 2.35. The predicted molar refractivity (Wildman–Crippen MR) is 98.6 cm³/mol. The molecule has 0 N–H and O–H groups in total. The predicted octanol–water partition coefficient (Wildman–Crippen LogP) is 5.64. The van der Waals surface area contributed by atoms with Gasteiger partial charge in [0.05, 0.1) is 0 Å². The Morgan fingerprint density at radius 2 is 1.39 bits per heavy atom. The van der Waals surface area contributed by atoms with E-state index in [1.165, 1.54) is 44.1 Å². The van der Waals surface area contributed by atoms with Gasteiger partial charge in [-0.15, -0.1) is 0 Å². The summed E-state index contributed by atoms with van der Waals surface area (Å²) in [6, 6.07) is 10.1. The Bertz CT molecular complexity index is 386. The summed E-state index contributed by atoms with van der Waals surface area (Å²) in [5, 5.41) is 0. The van der Waals surface area contributed by atoms with Crippen molar-refractivity contribution < 1.29 is 9.59 Å². The molecule has 0 saturated carbocycles. The number of benzene rings is 1. The van der Waals surface area contributed by atoms with E-state index in [4.69, 9.17) is 0 Å². The molecule has 0 fully saturated rings. The molecule has 2 atom stereocenters. The number of aldehydes is 2. The molecule has 0 aliphatic rings. The maximum Gasteiger partial charge on any atom is 0.123 e. The van der Waals surface area contributed by atoms with Crippen molar-refractivity contribution in [3.8, 4) is 0 Å².